The lowest BCUT2D eigenvalue weighted by molar-refractivity contribution is -0.136. The van der Waals surface area contributed by atoms with Gasteiger partial charge in [0.1, 0.15) is 0 Å². The lowest BCUT2D eigenvalue weighted by Gasteiger charge is -2.21. The van der Waals surface area contributed by atoms with Crippen LogP contribution < -0.4 is 15.5 Å². The summed E-state index contributed by atoms with van der Waals surface area (Å²) in [5.41, 5.74) is 1.67. The van der Waals surface area contributed by atoms with Crippen LogP contribution in [0.15, 0.2) is 24.3 Å². The van der Waals surface area contributed by atoms with E-state index in [0.717, 1.165) is 18.8 Å². The van der Waals surface area contributed by atoms with E-state index >= 15 is 0 Å². The molecule has 0 bridgehead atoms. The van der Waals surface area contributed by atoms with E-state index in [4.69, 9.17) is 11.6 Å². The van der Waals surface area contributed by atoms with Gasteiger partial charge in [0.15, 0.2) is 0 Å². The highest BCUT2D eigenvalue weighted by Gasteiger charge is 2.12. The average Bonchev–Trinajstić information content (AvgIpc) is 2.47. The van der Waals surface area contributed by atoms with E-state index < -0.39 is 11.8 Å². The highest BCUT2D eigenvalue weighted by Crippen LogP contribution is 2.17. The van der Waals surface area contributed by atoms with Crippen molar-refractivity contribution >= 4 is 34.8 Å². The summed E-state index contributed by atoms with van der Waals surface area (Å²) in [5, 5.41) is 4.95. The number of carbonyl (C=O) groups is 2. The first-order valence-corrected chi connectivity index (χ1v) is 7.16. The maximum Gasteiger partial charge on any atom is 0.313 e. The molecule has 5 nitrogen and oxygen atoms in total. The third-order valence-electron chi connectivity index (χ3n) is 2.84. The average molecular weight is 298 g/mol. The van der Waals surface area contributed by atoms with Crippen LogP contribution in [0.1, 0.15) is 13.8 Å². The predicted octanol–water partition coefficient (Wildman–Crippen LogP) is 1.83. The number of amides is 2. The van der Waals surface area contributed by atoms with Crippen LogP contribution in [0, 0.1) is 0 Å². The quantitative estimate of drug-likeness (QED) is 0.622. The zero-order chi connectivity index (χ0) is 15.0. The number of nitrogens with one attached hydrogen (secondary N) is 2. The Morgan fingerprint density at radius 1 is 1.10 bits per heavy atom. The van der Waals surface area contributed by atoms with Gasteiger partial charge >= 0.3 is 11.8 Å². The zero-order valence-electron chi connectivity index (χ0n) is 11.8. The number of rotatable bonds is 6. The second-order valence-corrected chi connectivity index (χ2v) is 4.50. The van der Waals surface area contributed by atoms with Crippen LogP contribution in [0.25, 0.3) is 0 Å². The number of anilines is 2. The summed E-state index contributed by atoms with van der Waals surface area (Å²) in [6.45, 7) is 6.28. The minimum absolute atomic E-state index is 0.273. The summed E-state index contributed by atoms with van der Waals surface area (Å²) in [6.07, 6.45) is 0. The van der Waals surface area contributed by atoms with E-state index in [-0.39, 0.29) is 12.4 Å². The van der Waals surface area contributed by atoms with Crippen LogP contribution in [0.4, 0.5) is 11.4 Å². The fraction of sp³-hybridized carbons (Fsp3) is 0.429. The van der Waals surface area contributed by atoms with Gasteiger partial charge in [-0.15, -0.1) is 11.6 Å². The summed E-state index contributed by atoms with van der Waals surface area (Å²) in [6, 6.07) is 7.39. The van der Waals surface area contributed by atoms with Crippen molar-refractivity contribution < 1.29 is 9.59 Å². The van der Waals surface area contributed by atoms with Gasteiger partial charge in [-0.2, -0.15) is 0 Å². The third-order valence-corrected chi connectivity index (χ3v) is 3.03. The number of benzene rings is 1. The van der Waals surface area contributed by atoms with Gasteiger partial charge in [0.05, 0.1) is 0 Å². The van der Waals surface area contributed by atoms with Gasteiger partial charge in [-0.25, -0.2) is 0 Å². The second kappa shape index (κ2) is 8.43. The lowest BCUT2D eigenvalue weighted by Crippen LogP contribution is -2.36. The molecule has 1 aromatic carbocycles. The van der Waals surface area contributed by atoms with E-state index in [2.05, 4.69) is 29.4 Å². The van der Waals surface area contributed by atoms with Crippen molar-refractivity contribution in [3.8, 4) is 0 Å². The lowest BCUT2D eigenvalue weighted by atomic mass is 10.2. The maximum atomic E-state index is 11.6. The topological polar surface area (TPSA) is 61.4 Å². The van der Waals surface area contributed by atoms with Crippen molar-refractivity contribution in [2.45, 2.75) is 13.8 Å². The molecule has 0 aliphatic rings. The van der Waals surface area contributed by atoms with Crippen LogP contribution in [-0.2, 0) is 9.59 Å². The van der Waals surface area contributed by atoms with E-state index in [0.29, 0.717) is 5.69 Å². The van der Waals surface area contributed by atoms with Crippen LogP contribution in [0.2, 0.25) is 0 Å². The predicted molar refractivity (Wildman–Crippen MR) is 82.4 cm³/mol. The Kier molecular flexibility index (Phi) is 6.87. The molecule has 1 aromatic rings. The summed E-state index contributed by atoms with van der Waals surface area (Å²) < 4.78 is 0. The molecule has 110 valence electrons. The minimum Gasteiger partial charge on any atom is -0.372 e. The van der Waals surface area contributed by atoms with Crippen LogP contribution >= 0.6 is 11.6 Å². The van der Waals surface area contributed by atoms with Crippen molar-refractivity contribution in [1.82, 2.24) is 5.32 Å². The molecule has 0 radical (unpaired) electrons. The fourth-order valence-corrected chi connectivity index (χ4v) is 1.87. The summed E-state index contributed by atoms with van der Waals surface area (Å²) in [7, 11) is 0. The Morgan fingerprint density at radius 3 is 2.20 bits per heavy atom. The second-order valence-electron chi connectivity index (χ2n) is 4.12. The van der Waals surface area contributed by atoms with Crippen molar-refractivity contribution in [3.05, 3.63) is 24.3 Å². The molecule has 2 N–H and O–H groups in total. The van der Waals surface area contributed by atoms with Crippen molar-refractivity contribution in [2.75, 3.05) is 35.7 Å². The van der Waals surface area contributed by atoms with E-state index in [9.17, 15) is 9.59 Å². The normalized spacial score (nSPS) is 9.95. The number of carbonyl (C=O) groups excluding carboxylic acids is 2. The number of nitrogens with zero attached hydrogens (tertiary/aromatic N) is 1. The highest BCUT2D eigenvalue weighted by molar-refractivity contribution is 6.39. The molecule has 0 saturated carbocycles. The maximum absolute atomic E-state index is 11.6. The van der Waals surface area contributed by atoms with E-state index in [1.807, 2.05) is 12.1 Å². The standard InChI is InChI=1S/C14H20ClN3O2/c1-3-18(4-2)12-7-5-11(6-8-12)17-14(20)13(19)16-10-9-15/h5-8H,3-4,9-10H2,1-2H3,(H,16,19)(H,17,20). The summed E-state index contributed by atoms with van der Waals surface area (Å²) in [4.78, 5) is 25.2. The summed E-state index contributed by atoms with van der Waals surface area (Å²) >= 11 is 5.43. The van der Waals surface area contributed by atoms with Gasteiger partial charge in [0.2, 0.25) is 0 Å². The van der Waals surface area contributed by atoms with Crippen LogP contribution in [-0.4, -0.2) is 37.3 Å². The van der Waals surface area contributed by atoms with Crippen molar-refractivity contribution in [2.24, 2.45) is 0 Å². The Hall–Kier alpha value is -1.75. The van der Waals surface area contributed by atoms with Gasteiger partial charge in [-0.1, -0.05) is 0 Å². The fourth-order valence-electron chi connectivity index (χ4n) is 1.77. The first-order chi connectivity index (χ1) is 9.62. The van der Waals surface area contributed by atoms with Gasteiger partial charge in [-0.3, -0.25) is 9.59 Å². The minimum atomic E-state index is -0.689. The monoisotopic (exact) mass is 297 g/mol. The number of alkyl halides is 1. The van der Waals surface area contributed by atoms with E-state index in [1.54, 1.807) is 12.1 Å². The van der Waals surface area contributed by atoms with E-state index in [1.165, 1.54) is 0 Å². The molecule has 0 aromatic heterocycles. The molecular weight excluding hydrogens is 278 g/mol. The van der Waals surface area contributed by atoms with Crippen LogP contribution in [0.5, 0.6) is 0 Å². The van der Waals surface area contributed by atoms with Crippen molar-refractivity contribution in [1.29, 1.82) is 0 Å². The van der Waals surface area contributed by atoms with Gasteiger partial charge in [-0.05, 0) is 38.1 Å². The number of hydrogen-bond donors (Lipinski definition) is 2. The molecule has 0 unspecified atom stereocenters. The molecule has 20 heavy (non-hydrogen) atoms. The Labute approximate surface area is 124 Å². The molecule has 0 atom stereocenters. The van der Waals surface area contributed by atoms with Crippen LogP contribution in [0.3, 0.4) is 0 Å². The van der Waals surface area contributed by atoms with Gasteiger partial charge in [0, 0.05) is 36.9 Å². The largest absolute Gasteiger partial charge is 0.372 e. The molecule has 0 fully saturated rings. The zero-order valence-corrected chi connectivity index (χ0v) is 12.5. The SMILES string of the molecule is CCN(CC)c1ccc(NC(=O)C(=O)NCCCl)cc1. The Bertz CT molecular complexity index is 444. The molecule has 0 saturated heterocycles. The van der Waals surface area contributed by atoms with Gasteiger partial charge in [0.25, 0.3) is 0 Å². The third kappa shape index (κ3) is 4.74. The smallest absolute Gasteiger partial charge is 0.313 e. The molecule has 6 heteroatoms. The van der Waals surface area contributed by atoms with Gasteiger partial charge < -0.3 is 15.5 Å². The molecule has 1 rings (SSSR count). The first kappa shape index (κ1) is 16.3. The molecular formula is C14H20ClN3O2. The number of halogens is 1. The number of hydrogen-bond acceptors (Lipinski definition) is 3. The molecule has 0 spiro atoms. The molecule has 0 heterocycles. The highest BCUT2D eigenvalue weighted by atomic mass is 35.5. The molecule has 0 aliphatic heterocycles. The Morgan fingerprint density at radius 2 is 1.70 bits per heavy atom. The van der Waals surface area contributed by atoms with Crippen molar-refractivity contribution in [3.63, 3.8) is 0 Å². The molecule has 0 aliphatic carbocycles. The Balaban J connectivity index is 2.61. The summed E-state index contributed by atoms with van der Waals surface area (Å²) in [5.74, 6) is -1.10. The molecule has 2 amide bonds. The first-order valence-electron chi connectivity index (χ1n) is 6.62.